The predicted molar refractivity (Wildman–Crippen MR) is 104 cm³/mol. The van der Waals surface area contributed by atoms with Gasteiger partial charge in [-0.25, -0.2) is 4.79 Å². The number of rotatable bonds is 4. The topological polar surface area (TPSA) is 83.0 Å². The maximum atomic E-state index is 12.7. The van der Waals surface area contributed by atoms with Crippen molar-refractivity contribution in [1.29, 1.82) is 0 Å². The van der Waals surface area contributed by atoms with E-state index in [0.29, 0.717) is 13.0 Å². The van der Waals surface area contributed by atoms with Crippen molar-refractivity contribution in [3.63, 3.8) is 0 Å². The van der Waals surface area contributed by atoms with Crippen molar-refractivity contribution in [2.45, 2.75) is 25.3 Å². The molecular formula is C22H21N3O3. The lowest BCUT2D eigenvalue weighted by Gasteiger charge is -2.24. The molecule has 1 fully saturated rings. The fourth-order valence-electron chi connectivity index (χ4n) is 4.40. The van der Waals surface area contributed by atoms with Gasteiger partial charge in [0.25, 0.3) is 5.78 Å². The van der Waals surface area contributed by atoms with Crippen LogP contribution in [0.2, 0.25) is 0 Å². The Hall–Kier alpha value is -3.24. The second-order valence-corrected chi connectivity index (χ2v) is 7.36. The molecule has 2 aliphatic rings. The monoisotopic (exact) mass is 375 g/mol. The maximum absolute atomic E-state index is 12.7. The summed E-state index contributed by atoms with van der Waals surface area (Å²) in [4.78, 5) is 29.2. The van der Waals surface area contributed by atoms with E-state index >= 15 is 0 Å². The molecule has 0 saturated carbocycles. The van der Waals surface area contributed by atoms with Gasteiger partial charge < -0.3 is 10.3 Å². The van der Waals surface area contributed by atoms with E-state index in [-0.39, 0.29) is 24.2 Å². The van der Waals surface area contributed by atoms with E-state index in [1.165, 1.54) is 16.0 Å². The molecule has 2 aromatic carbocycles. The lowest BCUT2D eigenvalue weighted by molar-refractivity contribution is -0.120. The molecule has 1 saturated heterocycles. The first-order chi connectivity index (χ1) is 13.6. The number of fused-ring (bicyclic) bond motifs is 3. The Morgan fingerprint density at radius 3 is 2.36 bits per heavy atom. The number of ketones is 1. The Morgan fingerprint density at radius 2 is 1.75 bits per heavy atom. The highest BCUT2D eigenvalue weighted by Gasteiger charge is 2.41. The summed E-state index contributed by atoms with van der Waals surface area (Å²) in [6.07, 6.45) is 1.06. The van der Waals surface area contributed by atoms with E-state index < -0.39 is 12.1 Å². The quantitative estimate of drug-likeness (QED) is 0.466. The zero-order chi connectivity index (χ0) is 19.7. The summed E-state index contributed by atoms with van der Waals surface area (Å²) in [5.74, 6) is -0.420. The normalized spacial score (nSPS) is 20.2. The molecule has 2 atom stereocenters. The second kappa shape index (κ2) is 7.41. The SMILES string of the molecule is C[C@@H]1CCN(C(=O)OCC2c3ccccc3-c3ccccc32)[C@@H]1C(=O)C=[N+]=[N-]. The van der Waals surface area contributed by atoms with Crippen molar-refractivity contribution in [3.8, 4) is 11.1 Å². The first kappa shape index (κ1) is 18.1. The molecule has 1 amide bonds. The molecule has 6 nitrogen and oxygen atoms in total. The van der Waals surface area contributed by atoms with Crippen molar-refractivity contribution in [1.82, 2.24) is 4.90 Å². The number of nitrogens with zero attached hydrogens (tertiary/aromatic N) is 3. The molecule has 0 radical (unpaired) electrons. The first-order valence-corrected chi connectivity index (χ1v) is 9.44. The van der Waals surface area contributed by atoms with Gasteiger partial charge in [-0.2, -0.15) is 4.79 Å². The largest absolute Gasteiger partial charge is 0.448 e. The van der Waals surface area contributed by atoms with Gasteiger partial charge in [0.15, 0.2) is 0 Å². The Labute approximate surface area is 163 Å². The van der Waals surface area contributed by atoms with E-state index in [9.17, 15) is 9.59 Å². The van der Waals surface area contributed by atoms with Crippen molar-refractivity contribution < 1.29 is 19.1 Å². The van der Waals surface area contributed by atoms with Gasteiger partial charge in [-0.05, 0) is 34.6 Å². The third-order valence-corrected chi connectivity index (χ3v) is 5.75. The zero-order valence-corrected chi connectivity index (χ0v) is 15.6. The zero-order valence-electron chi connectivity index (χ0n) is 15.6. The summed E-state index contributed by atoms with van der Waals surface area (Å²) in [5.41, 5.74) is 13.3. The Balaban J connectivity index is 1.52. The summed E-state index contributed by atoms with van der Waals surface area (Å²) in [6.45, 7) is 2.57. The van der Waals surface area contributed by atoms with E-state index in [2.05, 4.69) is 29.1 Å². The molecule has 1 aliphatic carbocycles. The van der Waals surface area contributed by atoms with Gasteiger partial charge in [0.1, 0.15) is 12.6 Å². The van der Waals surface area contributed by atoms with Gasteiger partial charge in [-0.1, -0.05) is 55.5 Å². The smallest absolute Gasteiger partial charge is 0.410 e. The van der Waals surface area contributed by atoms with Gasteiger partial charge in [0.2, 0.25) is 0 Å². The standard InChI is InChI=1S/C22H21N3O3/c1-14-10-11-25(21(14)20(26)12-24-23)22(27)28-13-19-17-8-4-2-6-15(17)16-7-3-5-9-18(16)19/h2-9,12,14,19,21H,10-11,13H2,1H3/t14-,21+/m1/s1. The molecule has 0 spiro atoms. The van der Waals surface area contributed by atoms with E-state index in [4.69, 9.17) is 10.3 Å². The lowest BCUT2D eigenvalue weighted by Crippen LogP contribution is -2.44. The Morgan fingerprint density at radius 1 is 1.14 bits per heavy atom. The van der Waals surface area contributed by atoms with Crippen LogP contribution in [0.15, 0.2) is 48.5 Å². The fourth-order valence-corrected chi connectivity index (χ4v) is 4.40. The molecule has 0 N–H and O–H groups in total. The van der Waals surface area contributed by atoms with Crippen LogP contribution in [0.3, 0.4) is 0 Å². The van der Waals surface area contributed by atoms with E-state index in [0.717, 1.165) is 17.3 Å². The van der Waals surface area contributed by atoms with Gasteiger partial charge in [0, 0.05) is 12.5 Å². The highest BCUT2D eigenvalue weighted by Crippen LogP contribution is 2.44. The third-order valence-electron chi connectivity index (χ3n) is 5.75. The first-order valence-electron chi connectivity index (χ1n) is 9.44. The van der Waals surface area contributed by atoms with Gasteiger partial charge in [-0.3, -0.25) is 9.69 Å². The maximum Gasteiger partial charge on any atom is 0.410 e. The minimum absolute atomic E-state index is 0.00835. The summed E-state index contributed by atoms with van der Waals surface area (Å²) in [7, 11) is 0. The Bertz CT molecular complexity index is 935. The molecule has 28 heavy (non-hydrogen) atoms. The number of Topliss-reactive ketones (excluding diaryl/α,β-unsaturated/α-hetero) is 1. The lowest BCUT2D eigenvalue weighted by atomic mass is 9.98. The summed E-state index contributed by atoms with van der Waals surface area (Å²) in [5, 5.41) is 0. The second-order valence-electron chi connectivity index (χ2n) is 7.36. The van der Waals surface area contributed by atoms with Crippen molar-refractivity contribution in [2.75, 3.05) is 13.2 Å². The molecule has 6 heteroatoms. The summed E-state index contributed by atoms with van der Waals surface area (Å²) in [6, 6.07) is 15.7. The minimum Gasteiger partial charge on any atom is -0.448 e. The molecule has 0 bridgehead atoms. The highest BCUT2D eigenvalue weighted by molar-refractivity contribution is 6.28. The molecule has 1 heterocycles. The number of likely N-dealkylation sites (tertiary alicyclic amines) is 1. The van der Waals surface area contributed by atoms with E-state index in [1.807, 2.05) is 31.2 Å². The van der Waals surface area contributed by atoms with Crippen LogP contribution >= 0.6 is 0 Å². The van der Waals surface area contributed by atoms with Crippen LogP contribution in [0.1, 0.15) is 30.4 Å². The number of benzene rings is 2. The molecule has 1 aliphatic heterocycles. The molecule has 2 aromatic rings. The van der Waals surface area contributed by atoms with E-state index in [1.54, 1.807) is 0 Å². The minimum atomic E-state index is -0.647. The number of carbonyl (C=O) groups excluding carboxylic acids is 2. The number of ether oxygens (including phenoxy) is 1. The third kappa shape index (κ3) is 3.02. The van der Waals surface area contributed by atoms with Crippen molar-refractivity contribution in [3.05, 3.63) is 65.2 Å². The van der Waals surface area contributed by atoms with Crippen LogP contribution in [0, 0.1) is 5.92 Å². The molecular weight excluding hydrogens is 354 g/mol. The predicted octanol–water partition coefficient (Wildman–Crippen LogP) is 3.52. The number of hydrogen-bond acceptors (Lipinski definition) is 3. The van der Waals surface area contributed by atoms with Crippen molar-refractivity contribution >= 4 is 18.1 Å². The molecule has 0 aromatic heterocycles. The van der Waals surface area contributed by atoms with Gasteiger partial charge in [-0.15, -0.1) is 0 Å². The molecule has 142 valence electrons. The highest BCUT2D eigenvalue weighted by atomic mass is 16.6. The van der Waals surface area contributed by atoms with Crippen molar-refractivity contribution in [2.24, 2.45) is 5.92 Å². The van der Waals surface area contributed by atoms with Crippen LogP contribution in [0.25, 0.3) is 16.7 Å². The van der Waals surface area contributed by atoms with Crippen LogP contribution in [-0.2, 0) is 9.53 Å². The Kier molecular flexibility index (Phi) is 4.80. The fraction of sp³-hybridized carbons (Fsp3) is 0.318. The van der Waals surface area contributed by atoms with Crippen LogP contribution in [0.4, 0.5) is 4.79 Å². The number of hydrogen-bond donors (Lipinski definition) is 0. The van der Waals surface area contributed by atoms with Crippen LogP contribution < -0.4 is 0 Å². The van der Waals surface area contributed by atoms with Crippen LogP contribution in [-0.4, -0.2) is 47.0 Å². The summed E-state index contributed by atoms with van der Waals surface area (Å²) < 4.78 is 5.66. The average molecular weight is 375 g/mol. The molecule has 0 unspecified atom stereocenters. The average Bonchev–Trinajstić information content (AvgIpc) is 3.25. The van der Waals surface area contributed by atoms with Crippen LogP contribution in [0.5, 0.6) is 0 Å². The molecule has 4 rings (SSSR count). The number of amides is 1. The van der Waals surface area contributed by atoms with Gasteiger partial charge in [0.05, 0.1) is 0 Å². The summed E-state index contributed by atoms with van der Waals surface area (Å²) >= 11 is 0. The van der Waals surface area contributed by atoms with Gasteiger partial charge >= 0.3 is 12.3 Å². The number of carbonyl (C=O) groups is 2.